The smallest absolute Gasteiger partial charge is 0.338 e. The van der Waals surface area contributed by atoms with E-state index < -0.39 is 27.0 Å². The molecule has 2 aromatic carbocycles. The Morgan fingerprint density at radius 3 is 2.16 bits per heavy atom. The van der Waals surface area contributed by atoms with Crippen molar-refractivity contribution in [1.82, 2.24) is 5.32 Å². The van der Waals surface area contributed by atoms with Crippen LogP contribution in [0.5, 0.6) is 0 Å². The number of ether oxygens (including phenoxy) is 1. The fourth-order valence-electron chi connectivity index (χ4n) is 6.79. The summed E-state index contributed by atoms with van der Waals surface area (Å²) in [6, 6.07) is 9.17. The number of nitrogens with zero attached hydrogens (tertiary/aromatic N) is 1. The first-order chi connectivity index (χ1) is 17.9. The van der Waals surface area contributed by atoms with Gasteiger partial charge in [-0.15, -0.1) is 0 Å². The molecule has 2 N–H and O–H groups in total. The third-order valence-corrected chi connectivity index (χ3v) is 9.65. The first-order valence-corrected chi connectivity index (χ1v) is 14.3. The van der Waals surface area contributed by atoms with Gasteiger partial charge >= 0.3 is 5.97 Å². The summed E-state index contributed by atoms with van der Waals surface area (Å²) in [4.78, 5) is 35.8. The highest BCUT2D eigenvalue weighted by Crippen LogP contribution is 2.55. The first-order valence-electron chi connectivity index (χ1n) is 12.8. The molecular formula is C27H31N3O7S. The second-order valence-corrected chi connectivity index (χ2v) is 12.8. The van der Waals surface area contributed by atoms with Gasteiger partial charge in [-0.05, 0) is 100.0 Å². The number of nitro benzene ring substituents is 1. The summed E-state index contributed by atoms with van der Waals surface area (Å²) in [6.07, 6.45) is 5.81. The van der Waals surface area contributed by atoms with Crippen LogP contribution in [-0.2, 0) is 19.6 Å². The molecule has 10 nitrogen and oxygen atoms in total. The largest absolute Gasteiger partial charge is 0.449 e. The number of amides is 1. The van der Waals surface area contributed by atoms with Crippen LogP contribution in [0, 0.1) is 34.8 Å². The van der Waals surface area contributed by atoms with E-state index in [0.29, 0.717) is 23.3 Å². The summed E-state index contributed by atoms with van der Waals surface area (Å²) in [5.41, 5.74) is 0.163. The van der Waals surface area contributed by atoms with E-state index >= 15 is 0 Å². The summed E-state index contributed by atoms with van der Waals surface area (Å²) in [7, 11) is -4.11. The lowest BCUT2D eigenvalue weighted by molar-refractivity contribution is -0.385. The lowest BCUT2D eigenvalue weighted by atomic mass is 9.53. The summed E-state index contributed by atoms with van der Waals surface area (Å²) in [5, 5.41) is 14.3. The maximum Gasteiger partial charge on any atom is 0.338 e. The van der Waals surface area contributed by atoms with Gasteiger partial charge in [-0.25, -0.2) is 13.2 Å². The summed E-state index contributed by atoms with van der Waals surface area (Å²) in [6.45, 7) is 3.09. The molecule has 2 aromatic rings. The van der Waals surface area contributed by atoms with Crippen LogP contribution in [-0.4, -0.2) is 36.9 Å². The molecule has 1 atom stereocenters. The second kappa shape index (κ2) is 9.68. The number of aryl methyl sites for hydroxylation is 1. The van der Waals surface area contributed by atoms with Crippen molar-refractivity contribution in [2.45, 2.75) is 68.9 Å². The average Bonchev–Trinajstić information content (AvgIpc) is 2.83. The highest BCUT2D eigenvalue weighted by Gasteiger charge is 2.51. The molecule has 11 heteroatoms. The number of esters is 1. The van der Waals surface area contributed by atoms with Crippen LogP contribution in [0.3, 0.4) is 0 Å². The van der Waals surface area contributed by atoms with E-state index in [1.165, 1.54) is 62.6 Å². The first kappa shape index (κ1) is 26.1. The Morgan fingerprint density at radius 1 is 1.03 bits per heavy atom. The molecule has 4 saturated carbocycles. The van der Waals surface area contributed by atoms with E-state index in [-0.39, 0.29) is 33.3 Å². The van der Waals surface area contributed by atoms with Crippen LogP contribution >= 0.6 is 0 Å². The molecule has 4 aliphatic rings. The van der Waals surface area contributed by atoms with Gasteiger partial charge in [0.2, 0.25) is 0 Å². The Morgan fingerprint density at radius 2 is 1.61 bits per heavy atom. The van der Waals surface area contributed by atoms with Crippen LogP contribution in [0.2, 0.25) is 0 Å². The molecule has 0 unspecified atom stereocenters. The Labute approximate surface area is 221 Å². The second-order valence-electron chi connectivity index (χ2n) is 11.1. The number of anilines is 1. The van der Waals surface area contributed by atoms with Crippen molar-refractivity contribution in [3.63, 3.8) is 0 Å². The van der Waals surface area contributed by atoms with Gasteiger partial charge in [0, 0.05) is 23.4 Å². The Kier molecular flexibility index (Phi) is 6.66. The molecule has 0 aromatic heterocycles. The quantitative estimate of drug-likeness (QED) is 0.287. The minimum Gasteiger partial charge on any atom is -0.449 e. The van der Waals surface area contributed by atoms with Gasteiger partial charge in [0.25, 0.3) is 21.6 Å². The zero-order valence-corrected chi connectivity index (χ0v) is 22.1. The minimum atomic E-state index is -4.11. The standard InChI is InChI=1S/C27H31N3O7S/c1-16-3-8-23(30(33)34)12-24(16)38(35,36)29-22-6-4-21(5-7-22)26(32)37-17(2)25(31)28-27-13-18-9-19(14-27)11-20(10-18)15-27/h3-8,12,17-20,29H,9-11,13-15H2,1-2H3,(H,28,31)/t17-,18?,19?,20?,27?/m1/s1. The fraction of sp³-hybridized carbons (Fsp3) is 0.481. The molecular weight excluding hydrogens is 510 g/mol. The van der Waals surface area contributed by atoms with Gasteiger partial charge in [0.05, 0.1) is 15.4 Å². The van der Waals surface area contributed by atoms with Crippen molar-refractivity contribution in [2.24, 2.45) is 17.8 Å². The topological polar surface area (TPSA) is 145 Å². The molecule has 202 valence electrons. The number of carbonyl (C=O) groups excluding carboxylic acids is 2. The van der Waals surface area contributed by atoms with Crippen LogP contribution in [0.15, 0.2) is 47.4 Å². The maximum absolute atomic E-state index is 12.9. The van der Waals surface area contributed by atoms with E-state index in [1.54, 1.807) is 6.92 Å². The number of sulfonamides is 1. The van der Waals surface area contributed by atoms with E-state index in [4.69, 9.17) is 4.74 Å². The van der Waals surface area contributed by atoms with Crippen LogP contribution < -0.4 is 10.0 Å². The van der Waals surface area contributed by atoms with Gasteiger partial charge in [0.15, 0.2) is 6.10 Å². The molecule has 0 radical (unpaired) electrons. The average molecular weight is 542 g/mol. The summed E-state index contributed by atoms with van der Waals surface area (Å²) in [5.74, 6) is 1.04. The molecule has 0 spiro atoms. The van der Waals surface area contributed by atoms with Crippen LogP contribution in [0.1, 0.15) is 61.4 Å². The molecule has 38 heavy (non-hydrogen) atoms. The van der Waals surface area contributed by atoms with E-state index in [2.05, 4.69) is 10.0 Å². The van der Waals surface area contributed by atoms with E-state index in [1.807, 2.05) is 0 Å². The summed E-state index contributed by atoms with van der Waals surface area (Å²) < 4.78 is 33.4. The number of nitro groups is 1. The van der Waals surface area contributed by atoms with Crippen molar-refractivity contribution >= 4 is 33.3 Å². The molecule has 6 rings (SSSR count). The molecule has 4 fully saturated rings. The lowest BCUT2D eigenvalue weighted by Crippen LogP contribution is -2.61. The predicted octanol–water partition coefficient (Wildman–Crippen LogP) is 4.33. The van der Waals surface area contributed by atoms with Gasteiger partial charge in [-0.1, -0.05) is 6.07 Å². The zero-order valence-electron chi connectivity index (χ0n) is 21.3. The zero-order chi connectivity index (χ0) is 27.2. The molecule has 1 amide bonds. The molecule has 0 aliphatic heterocycles. The lowest BCUT2D eigenvalue weighted by Gasteiger charge is -2.57. The highest BCUT2D eigenvalue weighted by atomic mass is 32.2. The number of carbonyl (C=O) groups is 2. The highest BCUT2D eigenvalue weighted by molar-refractivity contribution is 7.92. The minimum absolute atomic E-state index is 0.161. The third kappa shape index (κ3) is 5.24. The number of rotatable bonds is 8. The Hall–Kier alpha value is -3.47. The SMILES string of the molecule is Cc1ccc([N+](=O)[O-])cc1S(=O)(=O)Nc1ccc(C(=O)O[C@H](C)C(=O)NC23CC4CC(CC(C4)C2)C3)cc1. The molecule has 0 heterocycles. The maximum atomic E-state index is 12.9. The number of nitrogens with one attached hydrogen (secondary N) is 2. The van der Waals surface area contributed by atoms with Crippen molar-refractivity contribution in [2.75, 3.05) is 4.72 Å². The number of non-ortho nitro benzene ring substituents is 1. The Balaban J connectivity index is 1.20. The monoisotopic (exact) mass is 541 g/mol. The molecule has 4 aliphatic carbocycles. The fourth-order valence-corrected chi connectivity index (χ4v) is 8.11. The Bertz CT molecular complexity index is 1350. The molecule has 0 saturated heterocycles. The number of hydrogen-bond acceptors (Lipinski definition) is 7. The van der Waals surface area contributed by atoms with Crippen LogP contribution in [0.4, 0.5) is 11.4 Å². The third-order valence-electron chi connectivity index (χ3n) is 8.12. The van der Waals surface area contributed by atoms with Crippen molar-refractivity contribution in [3.8, 4) is 0 Å². The van der Waals surface area contributed by atoms with Gasteiger partial charge in [-0.2, -0.15) is 0 Å². The summed E-state index contributed by atoms with van der Waals surface area (Å²) >= 11 is 0. The van der Waals surface area contributed by atoms with Crippen molar-refractivity contribution in [1.29, 1.82) is 0 Å². The number of benzene rings is 2. The van der Waals surface area contributed by atoms with Crippen molar-refractivity contribution < 1.29 is 27.7 Å². The normalized spacial score (nSPS) is 26.4. The molecule has 4 bridgehead atoms. The van der Waals surface area contributed by atoms with Crippen molar-refractivity contribution in [3.05, 3.63) is 63.7 Å². The van der Waals surface area contributed by atoms with Gasteiger partial charge in [0.1, 0.15) is 0 Å². The number of hydrogen-bond donors (Lipinski definition) is 2. The van der Waals surface area contributed by atoms with E-state index in [0.717, 1.165) is 25.3 Å². The predicted molar refractivity (Wildman–Crippen MR) is 139 cm³/mol. The van der Waals surface area contributed by atoms with Gasteiger partial charge < -0.3 is 10.1 Å². The van der Waals surface area contributed by atoms with Gasteiger partial charge in [-0.3, -0.25) is 19.6 Å². The van der Waals surface area contributed by atoms with E-state index in [9.17, 15) is 28.1 Å². The van der Waals surface area contributed by atoms with Crippen LogP contribution in [0.25, 0.3) is 0 Å².